The van der Waals surface area contributed by atoms with Crippen molar-refractivity contribution >= 4 is 28.5 Å². The number of rotatable bonds is 13. The summed E-state index contributed by atoms with van der Waals surface area (Å²) in [5.74, 6) is 0.713. The summed E-state index contributed by atoms with van der Waals surface area (Å²) in [6.07, 6.45) is 7.18. The minimum Gasteiger partial charge on any atom is -0.480 e. The molecule has 2 aromatic heterocycles. The fourth-order valence-electron chi connectivity index (χ4n) is 5.35. The van der Waals surface area contributed by atoms with E-state index in [-0.39, 0.29) is 6.04 Å². The second kappa shape index (κ2) is 13.6. The molecule has 0 saturated carbocycles. The number of aromatic nitrogens is 3. The Morgan fingerprint density at radius 3 is 2.95 bits per heavy atom. The molecule has 0 bridgehead atoms. The lowest BCUT2D eigenvalue weighted by Crippen LogP contribution is -2.49. The van der Waals surface area contributed by atoms with Crippen LogP contribution < -0.4 is 16.0 Å². The third kappa shape index (κ3) is 7.62. The van der Waals surface area contributed by atoms with Gasteiger partial charge in [-0.3, -0.25) is 0 Å². The summed E-state index contributed by atoms with van der Waals surface area (Å²) in [6.45, 7) is 5.63. The molecule has 2 aliphatic heterocycles. The van der Waals surface area contributed by atoms with Crippen molar-refractivity contribution in [2.24, 2.45) is 0 Å². The van der Waals surface area contributed by atoms with Crippen LogP contribution in [-0.4, -0.2) is 88.9 Å². The molecule has 1 saturated heterocycles. The van der Waals surface area contributed by atoms with Crippen LogP contribution in [0.25, 0.3) is 10.9 Å². The highest BCUT2D eigenvalue weighted by molar-refractivity contribution is 5.90. The lowest BCUT2D eigenvalue weighted by Gasteiger charge is -2.31. The molecule has 4 heterocycles. The monoisotopic (exact) mass is 533 g/mol. The molecule has 10 nitrogen and oxygen atoms in total. The van der Waals surface area contributed by atoms with E-state index in [9.17, 15) is 9.90 Å². The number of para-hydroxylation sites is 1. The molecular weight excluding hydrogens is 494 g/mol. The number of nitrogens with one attached hydrogen (secondary N) is 3. The van der Waals surface area contributed by atoms with Crippen LogP contribution in [0.5, 0.6) is 0 Å². The van der Waals surface area contributed by atoms with Crippen molar-refractivity contribution in [1.82, 2.24) is 25.2 Å². The van der Waals surface area contributed by atoms with Gasteiger partial charge in [-0.15, -0.1) is 0 Å². The third-order valence-corrected chi connectivity index (χ3v) is 7.47. The number of anilines is 2. The predicted molar refractivity (Wildman–Crippen MR) is 152 cm³/mol. The van der Waals surface area contributed by atoms with E-state index >= 15 is 0 Å². The highest BCUT2D eigenvalue weighted by Crippen LogP contribution is 2.21. The molecule has 5 rings (SSSR count). The summed E-state index contributed by atoms with van der Waals surface area (Å²) in [4.78, 5) is 28.0. The standard InChI is InChI=1S/C29H39N7O3/c37-29(38)26(35-28-24-8-1-2-9-25(24)32-20-33-28)12-16-36(18-23-19-39-17-14-30-23)15-4-3-7-22-11-10-21-6-5-13-31-27(21)34-22/h1-2,8-11,20,23,26,30H,3-7,12-19H2,(H,31,34)(H,37,38)(H,32,33,35)/t23?,26-/m0/s1. The van der Waals surface area contributed by atoms with Crippen LogP contribution in [0.2, 0.25) is 0 Å². The molecule has 1 unspecified atom stereocenters. The number of unbranched alkanes of at least 4 members (excludes halogenated alkanes) is 1. The number of carboxylic acids is 1. The van der Waals surface area contributed by atoms with Gasteiger partial charge in [-0.05, 0) is 68.8 Å². The number of aryl methyl sites for hydroxylation is 2. The molecule has 0 amide bonds. The van der Waals surface area contributed by atoms with Crippen LogP contribution in [0, 0.1) is 0 Å². The molecule has 10 heteroatoms. The molecule has 1 aromatic carbocycles. The molecule has 0 radical (unpaired) electrons. The van der Waals surface area contributed by atoms with Crippen LogP contribution in [-0.2, 0) is 22.4 Å². The molecule has 3 aromatic rings. The van der Waals surface area contributed by atoms with Gasteiger partial charge in [0.15, 0.2) is 0 Å². The fraction of sp³-hybridized carbons (Fsp3) is 0.517. The molecule has 1 fully saturated rings. The van der Waals surface area contributed by atoms with Gasteiger partial charge in [0, 0.05) is 43.3 Å². The van der Waals surface area contributed by atoms with Crippen molar-refractivity contribution in [1.29, 1.82) is 0 Å². The number of benzene rings is 1. The van der Waals surface area contributed by atoms with Gasteiger partial charge in [0.2, 0.25) is 0 Å². The zero-order chi connectivity index (χ0) is 26.9. The summed E-state index contributed by atoms with van der Waals surface area (Å²) in [5.41, 5.74) is 3.23. The van der Waals surface area contributed by atoms with Gasteiger partial charge in [-0.1, -0.05) is 18.2 Å². The lowest BCUT2D eigenvalue weighted by molar-refractivity contribution is -0.138. The summed E-state index contributed by atoms with van der Waals surface area (Å²) in [6, 6.07) is 11.5. The Balaban J connectivity index is 1.17. The van der Waals surface area contributed by atoms with Gasteiger partial charge in [0.25, 0.3) is 0 Å². The first-order valence-corrected chi connectivity index (χ1v) is 14.1. The minimum atomic E-state index is -0.885. The van der Waals surface area contributed by atoms with E-state index in [0.717, 1.165) is 80.9 Å². The third-order valence-electron chi connectivity index (χ3n) is 7.47. The largest absolute Gasteiger partial charge is 0.480 e. The maximum absolute atomic E-state index is 12.2. The average molecular weight is 534 g/mol. The Hall–Kier alpha value is -3.34. The zero-order valence-electron chi connectivity index (χ0n) is 22.4. The van der Waals surface area contributed by atoms with E-state index in [1.165, 1.54) is 18.3 Å². The van der Waals surface area contributed by atoms with E-state index in [4.69, 9.17) is 9.72 Å². The smallest absolute Gasteiger partial charge is 0.326 e. The lowest BCUT2D eigenvalue weighted by atomic mass is 10.1. The van der Waals surface area contributed by atoms with Crippen molar-refractivity contribution in [3.63, 3.8) is 0 Å². The number of aliphatic carboxylic acids is 1. The highest BCUT2D eigenvalue weighted by Gasteiger charge is 2.22. The predicted octanol–water partition coefficient (Wildman–Crippen LogP) is 2.95. The van der Waals surface area contributed by atoms with Crippen molar-refractivity contribution < 1.29 is 14.6 Å². The Labute approximate surface area is 229 Å². The molecule has 2 aliphatic rings. The number of carboxylic acid groups (broad SMARTS) is 1. The van der Waals surface area contributed by atoms with Gasteiger partial charge >= 0.3 is 5.97 Å². The number of pyridine rings is 1. The fourth-order valence-corrected chi connectivity index (χ4v) is 5.35. The Morgan fingerprint density at radius 2 is 2.08 bits per heavy atom. The summed E-state index contributed by atoms with van der Waals surface area (Å²) in [7, 11) is 0. The average Bonchev–Trinajstić information content (AvgIpc) is 2.97. The second-order valence-corrected chi connectivity index (χ2v) is 10.4. The zero-order valence-corrected chi connectivity index (χ0v) is 22.4. The van der Waals surface area contributed by atoms with Gasteiger partial charge in [0.05, 0.1) is 18.7 Å². The maximum atomic E-state index is 12.2. The second-order valence-electron chi connectivity index (χ2n) is 10.4. The first kappa shape index (κ1) is 27.2. The molecule has 208 valence electrons. The van der Waals surface area contributed by atoms with Crippen molar-refractivity contribution in [2.75, 3.05) is 56.6 Å². The molecule has 0 aliphatic carbocycles. The van der Waals surface area contributed by atoms with Crippen molar-refractivity contribution in [3.8, 4) is 0 Å². The topological polar surface area (TPSA) is 125 Å². The summed E-state index contributed by atoms with van der Waals surface area (Å²) < 4.78 is 5.67. The molecule has 39 heavy (non-hydrogen) atoms. The molecule has 2 atom stereocenters. The minimum absolute atomic E-state index is 0.245. The van der Waals surface area contributed by atoms with E-state index in [1.54, 1.807) is 0 Å². The van der Waals surface area contributed by atoms with Gasteiger partial charge in [0.1, 0.15) is 24.0 Å². The number of hydrogen-bond donors (Lipinski definition) is 4. The Kier molecular flexibility index (Phi) is 9.52. The first-order valence-electron chi connectivity index (χ1n) is 14.1. The van der Waals surface area contributed by atoms with E-state index < -0.39 is 12.0 Å². The number of ether oxygens (including phenoxy) is 1. The quantitative estimate of drug-likeness (QED) is 0.244. The summed E-state index contributed by atoms with van der Waals surface area (Å²) >= 11 is 0. The van der Waals surface area contributed by atoms with Crippen LogP contribution in [0.15, 0.2) is 42.7 Å². The van der Waals surface area contributed by atoms with Crippen molar-refractivity contribution in [3.05, 3.63) is 54.0 Å². The Bertz CT molecular complexity index is 1230. The van der Waals surface area contributed by atoms with Crippen LogP contribution >= 0.6 is 0 Å². The first-order chi connectivity index (χ1) is 19.2. The molecule has 4 N–H and O–H groups in total. The number of carbonyl (C=O) groups is 1. The Morgan fingerprint density at radius 1 is 1.15 bits per heavy atom. The van der Waals surface area contributed by atoms with Crippen LogP contribution in [0.1, 0.15) is 36.9 Å². The number of morpholine rings is 1. The van der Waals surface area contributed by atoms with E-state index in [0.29, 0.717) is 25.4 Å². The number of hydrogen-bond acceptors (Lipinski definition) is 9. The normalized spacial score (nSPS) is 17.9. The SMILES string of the molecule is O=C(O)[C@H](CCN(CCCCc1ccc2c(n1)NCCC2)CC1COCCN1)Nc1ncnc2ccccc12. The van der Waals surface area contributed by atoms with Crippen molar-refractivity contribution in [2.45, 2.75) is 50.6 Å². The highest BCUT2D eigenvalue weighted by atomic mass is 16.5. The molecular formula is C29H39N7O3. The molecule has 0 spiro atoms. The summed E-state index contributed by atoms with van der Waals surface area (Å²) in [5, 5.41) is 20.9. The van der Waals surface area contributed by atoms with Gasteiger partial charge in [-0.2, -0.15) is 0 Å². The van der Waals surface area contributed by atoms with Gasteiger partial charge in [-0.25, -0.2) is 19.7 Å². The van der Waals surface area contributed by atoms with Gasteiger partial charge < -0.3 is 30.7 Å². The van der Waals surface area contributed by atoms with Crippen LogP contribution in [0.3, 0.4) is 0 Å². The number of fused-ring (bicyclic) bond motifs is 2. The van der Waals surface area contributed by atoms with E-state index in [1.807, 2.05) is 24.3 Å². The van der Waals surface area contributed by atoms with E-state index in [2.05, 4.69) is 43.0 Å². The maximum Gasteiger partial charge on any atom is 0.326 e. The van der Waals surface area contributed by atoms with Crippen LogP contribution in [0.4, 0.5) is 11.6 Å². The number of nitrogens with zero attached hydrogens (tertiary/aromatic N) is 4.